The maximum absolute atomic E-state index is 14.3. The van der Waals surface area contributed by atoms with Crippen molar-refractivity contribution in [3.05, 3.63) is 58.7 Å². The van der Waals surface area contributed by atoms with Gasteiger partial charge in [-0.1, -0.05) is 82.7 Å². The van der Waals surface area contributed by atoms with Crippen molar-refractivity contribution < 1.29 is 43.0 Å². The van der Waals surface area contributed by atoms with Crippen LogP contribution in [0.1, 0.15) is 169 Å². The van der Waals surface area contributed by atoms with E-state index in [9.17, 15) is 33.6 Å². The van der Waals surface area contributed by atoms with Gasteiger partial charge in [-0.05, 0) is 89.7 Å². The number of amides is 6. The summed E-state index contributed by atoms with van der Waals surface area (Å²) in [7, 11) is 1.71. The van der Waals surface area contributed by atoms with Gasteiger partial charge in [-0.15, -0.1) is 0 Å². The molecule has 16 nitrogen and oxygen atoms in total. The standard InChI is InChI=1S/C55H77N7O9/c1-5-33(2)50(64)59-46(35-16-8-6-9-17-35)54(68)61-28-14-25-44(61)53(67)58-42-27-31-71-49-39(42)22-13-23-40(49)45(63)32-37-20-12-21-38-41(26-30-70-48(37)38)57-52(66)43-24-15-29-62(43)55(69)47(36-18-10-7-11-19-36)60-51(65)34(3)56-4/h12-13,20-23,33-36,41-44,46-47,56H,5-11,14-19,24-32H2,1-4H3,(H,57,66)(H,58,67)(H,59,64)(H,60,65)/t33-,34+,41-,42-,43+,44+,46+,47+/m1/s1. The van der Waals surface area contributed by atoms with Gasteiger partial charge in [0.2, 0.25) is 35.4 Å². The molecule has 6 amide bonds. The number of nitrogens with one attached hydrogen (secondary N) is 5. The molecule has 8 rings (SSSR count). The number of fused-ring (bicyclic) bond motifs is 2. The van der Waals surface area contributed by atoms with Gasteiger partial charge in [-0.3, -0.25) is 33.6 Å². The third-order valence-corrected chi connectivity index (χ3v) is 16.4. The molecule has 16 heteroatoms. The Morgan fingerprint density at radius 3 is 1.62 bits per heavy atom. The average Bonchev–Trinajstić information content (AvgIpc) is 4.11. The fourth-order valence-corrected chi connectivity index (χ4v) is 11.9. The first kappa shape index (κ1) is 51.8. The maximum Gasteiger partial charge on any atom is 0.246 e. The number of ether oxygens (including phenoxy) is 2. The van der Waals surface area contributed by atoms with Crippen molar-refractivity contribution in [1.82, 2.24) is 36.4 Å². The second-order valence-corrected chi connectivity index (χ2v) is 21.0. The summed E-state index contributed by atoms with van der Waals surface area (Å²) in [6.07, 6.45) is 13.8. The van der Waals surface area contributed by atoms with Crippen molar-refractivity contribution in [3.8, 4) is 11.5 Å². The van der Waals surface area contributed by atoms with E-state index in [1.165, 1.54) is 0 Å². The van der Waals surface area contributed by atoms with E-state index in [-0.39, 0.29) is 72.0 Å². The monoisotopic (exact) mass is 980 g/mol. The summed E-state index contributed by atoms with van der Waals surface area (Å²) < 4.78 is 12.4. The van der Waals surface area contributed by atoms with Gasteiger partial charge < -0.3 is 45.9 Å². The predicted molar refractivity (Wildman–Crippen MR) is 267 cm³/mol. The molecule has 0 radical (unpaired) electrons. The number of carbonyl (C=O) groups is 7. The fraction of sp³-hybridized carbons (Fsp3) is 0.655. The molecule has 4 fully saturated rings. The van der Waals surface area contributed by atoms with Crippen LogP contribution in [0.2, 0.25) is 0 Å². The number of rotatable bonds is 17. The van der Waals surface area contributed by atoms with Crippen LogP contribution in [0.3, 0.4) is 0 Å². The number of nitrogens with zero attached hydrogens (tertiary/aromatic N) is 2. The van der Waals surface area contributed by atoms with Crippen molar-refractivity contribution in [2.24, 2.45) is 17.8 Å². The molecule has 0 bridgehead atoms. The minimum Gasteiger partial charge on any atom is -0.493 e. The summed E-state index contributed by atoms with van der Waals surface area (Å²) in [5.41, 5.74) is 2.51. The van der Waals surface area contributed by atoms with Crippen molar-refractivity contribution in [2.75, 3.05) is 33.4 Å². The lowest BCUT2D eigenvalue weighted by Gasteiger charge is -2.36. The van der Waals surface area contributed by atoms with E-state index >= 15 is 0 Å². The molecule has 2 saturated heterocycles. The zero-order chi connectivity index (χ0) is 50.2. The van der Waals surface area contributed by atoms with E-state index in [4.69, 9.17) is 9.47 Å². The van der Waals surface area contributed by atoms with Crippen LogP contribution in [0.15, 0.2) is 36.4 Å². The van der Waals surface area contributed by atoms with Gasteiger partial charge in [-0.2, -0.15) is 0 Å². The highest BCUT2D eigenvalue weighted by molar-refractivity contribution is 6.01. The molecule has 4 heterocycles. The highest BCUT2D eigenvalue weighted by atomic mass is 16.5. The molecule has 0 spiro atoms. The van der Waals surface area contributed by atoms with Crippen LogP contribution in [0.4, 0.5) is 0 Å². The Labute approximate surface area is 419 Å². The zero-order valence-electron chi connectivity index (χ0n) is 42.4. The van der Waals surface area contributed by atoms with Crippen molar-refractivity contribution in [1.29, 1.82) is 0 Å². The largest absolute Gasteiger partial charge is 0.493 e. The van der Waals surface area contributed by atoms with Gasteiger partial charge >= 0.3 is 0 Å². The molecular weight excluding hydrogens is 903 g/mol. The summed E-state index contributed by atoms with van der Waals surface area (Å²) in [5.74, 6) is -0.629. The number of benzene rings is 2. The zero-order valence-corrected chi connectivity index (χ0v) is 42.4. The Morgan fingerprint density at radius 2 is 1.10 bits per heavy atom. The lowest BCUT2D eigenvalue weighted by molar-refractivity contribution is -0.143. The number of hydrogen-bond acceptors (Lipinski definition) is 10. The van der Waals surface area contributed by atoms with E-state index in [1.54, 1.807) is 35.9 Å². The van der Waals surface area contributed by atoms with E-state index in [0.29, 0.717) is 92.8 Å². The Kier molecular flexibility index (Phi) is 17.4. The first-order valence-corrected chi connectivity index (χ1v) is 26.9. The van der Waals surface area contributed by atoms with Crippen LogP contribution in [-0.4, -0.2) is 115 Å². The normalized spacial score (nSPS) is 24.2. The van der Waals surface area contributed by atoms with Gasteiger partial charge in [0.25, 0.3) is 0 Å². The molecule has 6 aliphatic rings. The van der Waals surface area contributed by atoms with Crippen LogP contribution in [0.25, 0.3) is 0 Å². The summed E-state index contributed by atoms with van der Waals surface area (Å²) in [6, 6.07) is 7.01. The van der Waals surface area contributed by atoms with E-state index < -0.39 is 42.3 Å². The van der Waals surface area contributed by atoms with Crippen molar-refractivity contribution >= 4 is 41.2 Å². The number of hydrogen-bond donors (Lipinski definition) is 5. The fourth-order valence-electron chi connectivity index (χ4n) is 11.9. The summed E-state index contributed by atoms with van der Waals surface area (Å²) >= 11 is 0. The number of para-hydroxylation sites is 2. The lowest BCUT2D eigenvalue weighted by atomic mass is 9.83. The molecule has 386 valence electrons. The summed E-state index contributed by atoms with van der Waals surface area (Å²) in [6.45, 7) is 7.08. The van der Waals surface area contributed by atoms with E-state index in [0.717, 1.165) is 69.8 Å². The third-order valence-electron chi connectivity index (χ3n) is 16.4. The lowest BCUT2D eigenvalue weighted by Crippen LogP contribution is -2.58. The van der Waals surface area contributed by atoms with Crippen LogP contribution in [0.5, 0.6) is 11.5 Å². The first-order chi connectivity index (χ1) is 34.4. The molecule has 2 aromatic carbocycles. The van der Waals surface area contributed by atoms with Crippen LogP contribution < -0.4 is 36.1 Å². The summed E-state index contributed by atoms with van der Waals surface area (Å²) in [5, 5.41) is 15.6. The molecule has 2 saturated carbocycles. The Balaban J connectivity index is 0.930. The molecule has 0 aromatic heterocycles. The predicted octanol–water partition coefficient (Wildman–Crippen LogP) is 5.76. The van der Waals surface area contributed by atoms with E-state index in [1.807, 2.05) is 38.1 Å². The van der Waals surface area contributed by atoms with Gasteiger partial charge in [0.15, 0.2) is 5.78 Å². The molecule has 4 aliphatic heterocycles. The second kappa shape index (κ2) is 23.8. The number of carbonyl (C=O) groups excluding carboxylic acids is 7. The number of likely N-dealkylation sites (tertiary alicyclic amines) is 2. The van der Waals surface area contributed by atoms with Crippen molar-refractivity contribution in [2.45, 2.75) is 179 Å². The van der Waals surface area contributed by atoms with Crippen LogP contribution in [-0.2, 0) is 35.2 Å². The van der Waals surface area contributed by atoms with Gasteiger partial charge in [0.1, 0.15) is 35.7 Å². The maximum atomic E-state index is 14.3. The highest BCUT2D eigenvalue weighted by Gasteiger charge is 2.44. The average molecular weight is 980 g/mol. The third kappa shape index (κ3) is 11.7. The minimum atomic E-state index is -0.693. The Morgan fingerprint density at radius 1 is 0.606 bits per heavy atom. The smallest absolute Gasteiger partial charge is 0.246 e. The summed E-state index contributed by atoms with van der Waals surface area (Å²) in [4.78, 5) is 101. The molecule has 0 unspecified atom stereocenters. The molecular formula is C55H77N7O9. The van der Waals surface area contributed by atoms with Gasteiger partial charge in [-0.25, -0.2) is 0 Å². The van der Waals surface area contributed by atoms with Crippen molar-refractivity contribution in [3.63, 3.8) is 0 Å². The Hall–Kier alpha value is -5.51. The number of Topliss-reactive ketones (excluding diaryl/α,β-unsaturated/α-hetero) is 1. The van der Waals surface area contributed by atoms with Gasteiger partial charge in [0, 0.05) is 55.0 Å². The topological polar surface area (TPSA) is 205 Å². The molecule has 2 aromatic rings. The highest BCUT2D eigenvalue weighted by Crippen LogP contribution is 2.40. The first-order valence-electron chi connectivity index (χ1n) is 26.9. The van der Waals surface area contributed by atoms with Gasteiger partial charge in [0.05, 0.1) is 36.9 Å². The SMILES string of the molecule is CC[C@@H](C)C(=O)N[C@H](C(=O)N1CCC[C@H]1C(=O)N[C@@H]1CCOc2c(C(=O)Cc3cccc4c3OCC[C@H]4NC(=O)[C@@H]3CCCN3C(=O)[C@@H](NC(=O)[C@H](C)NC)C3CCCCC3)cccc21)C1CCCCC1. The number of ketones is 1. The quantitative estimate of drug-likeness (QED) is 0.121. The van der Waals surface area contributed by atoms with Crippen LogP contribution >= 0.6 is 0 Å². The number of likely N-dealkylation sites (N-methyl/N-ethyl adjacent to an activating group) is 1. The minimum absolute atomic E-state index is 0.000899. The van der Waals surface area contributed by atoms with Crippen LogP contribution in [0, 0.1) is 17.8 Å². The molecule has 2 aliphatic carbocycles. The second-order valence-electron chi connectivity index (χ2n) is 21.0. The molecule has 8 atom stereocenters. The van der Waals surface area contributed by atoms with E-state index in [2.05, 4.69) is 26.6 Å². The Bertz CT molecular complexity index is 2280. The molecule has 5 N–H and O–H groups in total. The molecule has 71 heavy (non-hydrogen) atoms.